The molecule has 2 aromatic rings. The Morgan fingerprint density at radius 1 is 1.50 bits per heavy atom. The van der Waals surface area contributed by atoms with Crippen LogP contribution in [0.25, 0.3) is 0 Å². The molecule has 2 rings (SSSR count). The molecule has 0 aliphatic rings. The van der Waals surface area contributed by atoms with Gasteiger partial charge in [0.2, 0.25) is 0 Å². The van der Waals surface area contributed by atoms with E-state index in [0.29, 0.717) is 12.3 Å². The van der Waals surface area contributed by atoms with Crippen LogP contribution in [0.4, 0.5) is 10.1 Å². The lowest BCUT2D eigenvalue weighted by Gasteiger charge is -2.09. The van der Waals surface area contributed by atoms with Crippen LogP contribution in [0, 0.1) is 5.82 Å². The number of nitrogens with zero attached hydrogens (tertiary/aromatic N) is 1. The van der Waals surface area contributed by atoms with E-state index >= 15 is 0 Å². The van der Waals surface area contributed by atoms with Gasteiger partial charge in [-0.25, -0.2) is 4.39 Å². The predicted molar refractivity (Wildman–Crippen MR) is 62.4 cm³/mol. The number of methoxy groups -OCH3 is 1. The maximum atomic E-state index is 12.9. The molecule has 0 saturated carbocycles. The first-order valence-electron chi connectivity index (χ1n) is 4.74. The summed E-state index contributed by atoms with van der Waals surface area (Å²) in [7, 11) is 1.52. The van der Waals surface area contributed by atoms with Crippen molar-refractivity contribution in [2.45, 2.75) is 6.54 Å². The Kier molecular flexibility index (Phi) is 3.36. The third-order valence-electron chi connectivity index (χ3n) is 2.10. The first kappa shape index (κ1) is 10.9. The summed E-state index contributed by atoms with van der Waals surface area (Å²) in [6, 6.07) is 4.42. The molecule has 0 saturated heterocycles. The summed E-state index contributed by atoms with van der Waals surface area (Å²) in [5.74, 6) is 0.199. The second kappa shape index (κ2) is 4.94. The number of thiazole rings is 1. The van der Waals surface area contributed by atoms with E-state index in [2.05, 4.69) is 10.3 Å². The van der Waals surface area contributed by atoms with Crippen LogP contribution in [0.3, 0.4) is 0 Å². The maximum absolute atomic E-state index is 12.9. The first-order chi connectivity index (χ1) is 7.79. The molecule has 84 valence electrons. The van der Waals surface area contributed by atoms with Gasteiger partial charge in [0.25, 0.3) is 0 Å². The van der Waals surface area contributed by atoms with E-state index in [4.69, 9.17) is 4.74 Å². The number of hydrogen-bond donors (Lipinski definition) is 1. The van der Waals surface area contributed by atoms with Crippen molar-refractivity contribution in [3.8, 4) is 5.75 Å². The second-order valence-corrected chi connectivity index (χ2v) is 4.14. The molecule has 3 nitrogen and oxygen atoms in total. The topological polar surface area (TPSA) is 34.1 Å². The zero-order valence-corrected chi connectivity index (χ0v) is 9.55. The number of aromatic nitrogens is 1. The summed E-state index contributed by atoms with van der Waals surface area (Å²) < 4.78 is 18.0. The largest absolute Gasteiger partial charge is 0.494 e. The molecule has 0 atom stereocenters. The van der Waals surface area contributed by atoms with E-state index in [9.17, 15) is 4.39 Å². The molecule has 1 heterocycles. The summed E-state index contributed by atoms with van der Waals surface area (Å²) in [6.07, 6.45) is 1.80. The van der Waals surface area contributed by atoms with Crippen LogP contribution in [-0.4, -0.2) is 12.1 Å². The summed E-state index contributed by atoms with van der Waals surface area (Å²) in [5.41, 5.74) is 2.55. The van der Waals surface area contributed by atoms with Crippen LogP contribution >= 0.6 is 11.3 Å². The highest BCUT2D eigenvalue weighted by Crippen LogP contribution is 2.25. The zero-order valence-electron chi connectivity index (χ0n) is 8.74. The molecular weight excluding hydrogens is 227 g/mol. The molecule has 0 bridgehead atoms. The fourth-order valence-corrected chi connectivity index (χ4v) is 1.86. The Morgan fingerprint density at radius 3 is 3.06 bits per heavy atom. The summed E-state index contributed by atoms with van der Waals surface area (Å²) in [4.78, 5) is 5.10. The molecule has 0 fully saturated rings. The number of benzene rings is 1. The Balaban J connectivity index is 2.09. The van der Waals surface area contributed by atoms with E-state index in [1.165, 1.54) is 19.2 Å². The molecule has 0 amide bonds. The predicted octanol–water partition coefficient (Wildman–Crippen LogP) is 2.90. The van der Waals surface area contributed by atoms with E-state index in [1.807, 2.05) is 0 Å². The van der Waals surface area contributed by atoms with Crippen molar-refractivity contribution in [2.75, 3.05) is 12.4 Å². The molecule has 1 N–H and O–H groups in total. The maximum Gasteiger partial charge on any atom is 0.144 e. The van der Waals surface area contributed by atoms with Crippen LogP contribution in [0.2, 0.25) is 0 Å². The van der Waals surface area contributed by atoms with Gasteiger partial charge in [0.1, 0.15) is 11.6 Å². The number of rotatable bonds is 4. The normalized spacial score (nSPS) is 10.1. The van der Waals surface area contributed by atoms with Gasteiger partial charge in [-0.15, -0.1) is 11.3 Å². The average molecular weight is 238 g/mol. The molecule has 0 radical (unpaired) electrons. The monoisotopic (exact) mass is 238 g/mol. The van der Waals surface area contributed by atoms with Crippen molar-refractivity contribution in [3.05, 3.63) is 40.6 Å². The molecule has 16 heavy (non-hydrogen) atoms. The molecular formula is C11H11FN2OS. The Bertz CT molecular complexity index is 459. The summed E-state index contributed by atoms with van der Waals surface area (Å²) in [6.45, 7) is 0.659. The van der Waals surface area contributed by atoms with Crippen molar-refractivity contribution < 1.29 is 9.13 Å². The lowest BCUT2D eigenvalue weighted by atomic mass is 10.3. The van der Waals surface area contributed by atoms with E-state index in [-0.39, 0.29) is 5.82 Å². The summed E-state index contributed by atoms with van der Waals surface area (Å²) in [5, 5.41) is 3.17. The van der Waals surface area contributed by atoms with Gasteiger partial charge >= 0.3 is 0 Å². The van der Waals surface area contributed by atoms with Crippen molar-refractivity contribution in [3.63, 3.8) is 0 Å². The smallest absolute Gasteiger partial charge is 0.144 e. The van der Waals surface area contributed by atoms with Gasteiger partial charge in [0, 0.05) is 17.1 Å². The molecule has 0 spiro atoms. The van der Waals surface area contributed by atoms with Crippen molar-refractivity contribution in [1.82, 2.24) is 4.98 Å². The Morgan fingerprint density at radius 2 is 2.38 bits per heavy atom. The van der Waals surface area contributed by atoms with Crippen LogP contribution in [-0.2, 0) is 6.54 Å². The quantitative estimate of drug-likeness (QED) is 0.889. The van der Waals surface area contributed by atoms with Gasteiger partial charge in [0.15, 0.2) is 0 Å². The third-order valence-corrected chi connectivity index (χ3v) is 2.88. The molecule has 0 aliphatic carbocycles. The minimum Gasteiger partial charge on any atom is -0.494 e. The van der Waals surface area contributed by atoms with Gasteiger partial charge in [-0.3, -0.25) is 4.98 Å². The summed E-state index contributed by atoms with van der Waals surface area (Å²) >= 11 is 1.57. The fourth-order valence-electron chi connectivity index (χ4n) is 1.32. The standard InChI is InChI=1S/C11H11FN2OS/c1-15-11-4-8(12)2-3-10(11)14-6-9-5-13-7-16-9/h2-5,7,14H,6H2,1H3. The average Bonchev–Trinajstić information content (AvgIpc) is 2.80. The lowest BCUT2D eigenvalue weighted by molar-refractivity contribution is 0.413. The number of nitrogens with one attached hydrogen (secondary N) is 1. The highest BCUT2D eigenvalue weighted by molar-refractivity contribution is 7.09. The van der Waals surface area contributed by atoms with E-state index < -0.39 is 0 Å². The SMILES string of the molecule is COc1cc(F)ccc1NCc1cncs1. The van der Waals surface area contributed by atoms with Gasteiger partial charge in [-0.05, 0) is 12.1 Å². The van der Waals surface area contributed by atoms with Crippen LogP contribution in [0.1, 0.15) is 4.88 Å². The highest BCUT2D eigenvalue weighted by atomic mass is 32.1. The highest BCUT2D eigenvalue weighted by Gasteiger charge is 2.04. The van der Waals surface area contributed by atoms with Crippen LogP contribution in [0.15, 0.2) is 29.9 Å². The molecule has 1 aromatic heterocycles. The third kappa shape index (κ3) is 2.49. The number of halogens is 1. The van der Waals surface area contributed by atoms with Gasteiger partial charge in [0.05, 0.1) is 24.9 Å². The van der Waals surface area contributed by atoms with Gasteiger partial charge in [-0.2, -0.15) is 0 Å². The number of ether oxygens (including phenoxy) is 1. The number of anilines is 1. The molecule has 5 heteroatoms. The van der Waals surface area contributed by atoms with Crippen LogP contribution < -0.4 is 10.1 Å². The first-order valence-corrected chi connectivity index (χ1v) is 5.62. The molecule has 1 aromatic carbocycles. The fraction of sp³-hybridized carbons (Fsp3) is 0.182. The van der Waals surface area contributed by atoms with Gasteiger partial charge < -0.3 is 10.1 Å². The zero-order chi connectivity index (χ0) is 11.4. The molecule has 0 unspecified atom stereocenters. The molecule has 0 aliphatic heterocycles. The van der Waals surface area contributed by atoms with Crippen molar-refractivity contribution >= 4 is 17.0 Å². The Hall–Kier alpha value is -1.62. The van der Waals surface area contributed by atoms with Crippen LogP contribution in [0.5, 0.6) is 5.75 Å². The minimum absolute atomic E-state index is 0.305. The van der Waals surface area contributed by atoms with Gasteiger partial charge in [-0.1, -0.05) is 0 Å². The number of hydrogen-bond acceptors (Lipinski definition) is 4. The van der Waals surface area contributed by atoms with E-state index in [0.717, 1.165) is 10.6 Å². The Labute approximate surface area is 96.9 Å². The van der Waals surface area contributed by atoms with Crippen molar-refractivity contribution in [2.24, 2.45) is 0 Å². The van der Waals surface area contributed by atoms with Crippen molar-refractivity contribution in [1.29, 1.82) is 0 Å². The van der Waals surface area contributed by atoms with E-state index in [1.54, 1.807) is 29.1 Å². The second-order valence-electron chi connectivity index (χ2n) is 3.17. The minimum atomic E-state index is -0.305. The lowest BCUT2D eigenvalue weighted by Crippen LogP contribution is -2.00.